The number of nitrogens with one attached hydrogen (secondary N) is 1. The molecule has 0 bridgehead atoms. The van der Waals surface area contributed by atoms with Gasteiger partial charge in [0.2, 0.25) is 0 Å². The van der Waals surface area contributed by atoms with Crippen LogP contribution in [0.15, 0.2) is 54.6 Å². The van der Waals surface area contributed by atoms with Gasteiger partial charge in [-0.2, -0.15) is 0 Å². The molecule has 2 amide bonds. The Balaban J connectivity index is 1.43. The third kappa shape index (κ3) is 4.10. The number of anilines is 2. The zero-order chi connectivity index (χ0) is 21.9. The Morgan fingerprint density at radius 3 is 2.59 bits per heavy atom. The highest BCUT2D eigenvalue weighted by molar-refractivity contribution is 5.89. The van der Waals surface area contributed by atoms with Crippen LogP contribution >= 0.6 is 0 Å². The highest BCUT2D eigenvalue weighted by Gasteiger charge is 2.29. The van der Waals surface area contributed by atoms with E-state index in [9.17, 15) is 4.79 Å². The number of rotatable bonds is 4. The van der Waals surface area contributed by atoms with Gasteiger partial charge in [-0.05, 0) is 25.0 Å². The van der Waals surface area contributed by atoms with Crippen molar-refractivity contribution < 1.29 is 9.53 Å². The van der Waals surface area contributed by atoms with Gasteiger partial charge in [0.05, 0.1) is 19.3 Å². The second-order valence-electron chi connectivity index (χ2n) is 8.19. The smallest absolute Gasteiger partial charge is 0.322 e. The van der Waals surface area contributed by atoms with E-state index in [-0.39, 0.29) is 6.03 Å². The van der Waals surface area contributed by atoms with E-state index in [1.807, 2.05) is 59.5 Å². The molecule has 1 N–H and O–H groups in total. The molecule has 0 atom stereocenters. The second-order valence-corrected chi connectivity index (χ2v) is 8.19. The predicted molar refractivity (Wildman–Crippen MR) is 125 cm³/mol. The van der Waals surface area contributed by atoms with Gasteiger partial charge in [-0.1, -0.05) is 36.4 Å². The summed E-state index contributed by atoms with van der Waals surface area (Å²) in [6, 6.07) is 17.4. The summed E-state index contributed by atoms with van der Waals surface area (Å²) in [5, 5.41) is 3.00. The molecule has 1 saturated heterocycles. The number of ether oxygens (including phenoxy) is 1. The molecule has 0 saturated carbocycles. The number of hydrogen-bond acceptors (Lipinski definition) is 5. The SMILES string of the molecule is COc1cccc(NC(=O)N2CCc3nc(-c4ccccc4)nc(N4CCCC4)c3C2)c1. The van der Waals surface area contributed by atoms with Crippen molar-refractivity contribution in [2.24, 2.45) is 0 Å². The first-order valence-electron chi connectivity index (χ1n) is 11.1. The molecule has 32 heavy (non-hydrogen) atoms. The van der Waals surface area contributed by atoms with Crippen molar-refractivity contribution in [1.29, 1.82) is 0 Å². The van der Waals surface area contributed by atoms with Crippen LogP contribution in [0.5, 0.6) is 5.75 Å². The van der Waals surface area contributed by atoms with Gasteiger partial charge in [-0.25, -0.2) is 14.8 Å². The molecule has 7 heteroatoms. The maximum absolute atomic E-state index is 13.0. The molecule has 0 aliphatic carbocycles. The van der Waals surface area contributed by atoms with Gasteiger partial charge in [0.25, 0.3) is 0 Å². The molecule has 0 spiro atoms. The largest absolute Gasteiger partial charge is 0.497 e. The fourth-order valence-electron chi connectivity index (χ4n) is 4.38. The Morgan fingerprint density at radius 1 is 1.00 bits per heavy atom. The van der Waals surface area contributed by atoms with E-state index >= 15 is 0 Å². The summed E-state index contributed by atoms with van der Waals surface area (Å²) >= 11 is 0. The van der Waals surface area contributed by atoms with E-state index in [0.29, 0.717) is 25.3 Å². The Morgan fingerprint density at radius 2 is 1.81 bits per heavy atom. The fraction of sp³-hybridized carbons (Fsp3) is 0.320. The summed E-state index contributed by atoms with van der Waals surface area (Å²) in [5.41, 5.74) is 3.86. The number of aromatic nitrogens is 2. The minimum Gasteiger partial charge on any atom is -0.497 e. The molecule has 2 aliphatic rings. The molecule has 7 nitrogen and oxygen atoms in total. The van der Waals surface area contributed by atoms with Crippen molar-refractivity contribution in [2.75, 3.05) is 37.0 Å². The van der Waals surface area contributed by atoms with Gasteiger partial charge < -0.3 is 19.9 Å². The molecule has 0 radical (unpaired) electrons. The minimum absolute atomic E-state index is 0.122. The quantitative estimate of drug-likeness (QED) is 0.668. The summed E-state index contributed by atoms with van der Waals surface area (Å²) in [4.78, 5) is 27.1. The summed E-state index contributed by atoms with van der Waals surface area (Å²) in [6.45, 7) is 3.11. The number of nitrogens with zero attached hydrogens (tertiary/aromatic N) is 4. The lowest BCUT2D eigenvalue weighted by Crippen LogP contribution is -2.40. The molecule has 3 heterocycles. The van der Waals surface area contributed by atoms with Crippen molar-refractivity contribution in [3.63, 3.8) is 0 Å². The van der Waals surface area contributed by atoms with Crippen LogP contribution in [-0.4, -0.2) is 47.6 Å². The highest BCUT2D eigenvalue weighted by atomic mass is 16.5. The molecule has 5 rings (SSSR count). The van der Waals surface area contributed by atoms with Crippen molar-refractivity contribution >= 4 is 17.5 Å². The van der Waals surface area contributed by atoms with Gasteiger partial charge in [0.1, 0.15) is 11.6 Å². The van der Waals surface area contributed by atoms with Crippen LogP contribution in [0.1, 0.15) is 24.1 Å². The molecule has 0 unspecified atom stereocenters. The van der Waals surface area contributed by atoms with E-state index in [1.165, 1.54) is 12.8 Å². The van der Waals surface area contributed by atoms with Crippen LogP contribution in [0, 0.1) is 0 Å². The number of methoxy groups -OCH3 is 1. The van der Waals surface area contributed by atoms with E-state index in [0.717, 1.165) is 47.2 Å². The summed E-state index contributed by atoms with van der Waals surface area (Å²) in [7, 11) is 1.62. The number of benzene rings is 2. The first kappa shape index (κ1) is 20.3. The zero-order valence-electron chi connectivity index (χ0n) is 18.3. The van der Waals surface area contributed by atoms with E-state index in [2.05, 4.69) is 10.2 Å². The maximum Gasteiger partial charge on any atom is 0.322 e. The average molecular weight is 430 g/mol. The van der Waals surface area contributed by atoms with Gasteiger partial charge >= 0.3 is 6.03 Å². The number of amides is 2. The van der Waals surface area contributed by atoms with Crippen LogP contribution < -0.4 is 15.0 Å². The third-order valence-corrected chi connectivity index (χ3v) is 6.08. The first-order valence-corrected chi connectivity index (χ1v) is 11.1. The van der Waals surface area contributed by atoms with Gasteiger partial charge in [0.15, 0.2) is 5.82 Å². The molecule has 2 aromatic carbocycles. The summed E-state index contributed by atoms with van der Waals surface area (Å²) in [6.07, 6.45) is 3.04. The third-order valence-electron chi connectivity index (χ3n) is 6.08. The van der Waals surface area contributed by atoms with Gasteiger partial charge in [0, 0.05) is 48.9 Å². The predicted octanol–water partition coefficient (Wildman–Crippen LogP) is 4.34. The maximum atomic E-state index is 13.0. The summed E-state index contributed by atoms with van der Waals surface area (Å²) < 4.78 is 5.26. The van der Waals surface area contributed by atoms with Crippen molar-refractivity contribution in [1.82, 2.24) is 14.9 Å². The highest BCUT2D eigenvalue weighted by Crippen LogP contribution is 2.31. The fourth-order valence-corrected chi connectivity index (χ4v) is 4.38. The number of hydrogen-bond donors (Lipinski definition) is 1. The van der Waals surface area contributed by atoms with Crippen LogP contribution in [0.2, 0.25) is 0 Å². The molecule has 3 aromatic rings. The number of carbonyl (C=O) groups excluding carboxylic acids is 1. The molecule has 2 aliphatic heterocycles. The van der Waals surface area contributed by atoms with Gasteiger partial charge in [-0.3, -0.25) is 0 Å². The standard InChI is InChI=1S/C25H27N5O2/c1-32-20-11-7-10-19(16-20)26-25(31)30-15-12-22-21(17-30)24(29-13-5-6-14-29)28-23(27-22)18-8-3-2-4-9-18/h2-4,7-11,16H,5-6,12-15,17H2,1H3,(H,26,31). The molecular formula is C25H27N5O2. The molecule has 1 fully saturated rings. The molecule has 1 aromatic heterocycles. The monoisotopic (exact) mass is 429 g/mol. The van der Waals surface area contributed by atoms with Gasteiger partial charge in [-0.15, -0.1) is 0 Å². The van der Waals surface area contributed by atoms with E-state index in [1.54, 1.807) is 7.11 Å². The Bertz CT molecular complexity index is 1110. The lowest BCUT2D eigenvalue weighted by Gasteiger charge is -2.32. The lowest BCUT2D eigenvalue weighted by atomic mass is 10.0. The van der Waals surface area contributed by atoms with Crippen molar-refractivity contribution in [3.05, 3.63) is 65.9 Å². The van der Waals surface area contributed by atoms with Crippen LogP contribution in [0.3, 0.4) is 0 Å². The van der Waals surface area contributed by atoms with E-state index < -0.39 is 0 Å². The first-order chi connectivity index (χ1) is 15.7. The topological polar surface area (TPSA) is 70.6 Å². The Labute approximate surface area is 188 Å². The number of urea groups is 1. The number of carbonyl (C=O) groups is 1. The lowest BCUT2D eigenvalue weighted by molar-refractivity contribution is 0.206. The second kappa shape index (κ2) is 8.86. The van der Waals surface area contributed by atoms with E-state index in [4.69, 9.17) is 14.7 Å². The van der Waals surface area contributed by atoms with Crippen molar-refractivity contribution in [2.45, 2.75) is 25.8 Å². The summed E-state index contributed by atoms with van der Waals surface area (Å²) in [5.74, 6) is 2.45. The molecular weight excluding hydrogens is 402 g/mol. The van der Waals surface area contributed by atoms with Crippen LogP contribution in [0.4, 0.5) is 16.3 Å². The zero-order valence-corrected chi connectivity index (χ0v) is 18.3. The van der Waals surface area contributed by atoms with Crippen LogP contribution in [0.25, 0.3) is 11.4 Å². The number of fused-ring (bicyclic) bond motifs is 1. The normalized spacial score (nSPS) is 15.4. The molecule has 164 valence electrons. The minimum atomic E-state index is -0.122. The average Bonchev–Trinajstić information content (AvgIpc) is 3.38. The Kier molecular flexibility index (Phi) is 5.62. The Hall–Kier alpha value is -3.61. The van der Waals surface area contributed by atoms with Crippen molar-refractivity contribution in [3.8, 4) is 17.1 Å². The van der Waals surface area contributed by atoms with Crippen LogP contribution in [-0.2, 0) is 13.0 Å².